The number of nitrogens with zero attached hydrogens (tertiary/aromatic N) is 4. The smallest absolute Gasteiger partial charge is 0.145 e. The molecule has 4 aromatic heterocycles. The topological polar surface area (TPSA) is 43.6 Å². The zero-order valence-electron chi connectivity index (χ0n) is 14.8. The lowest BCUT2D eigenvalue weighted by Gasteiger charge is -2.07. The molecule has 0 aliphatic heterocycles. The normalized spacial score (nSPS) is 11.6. The zero-order valence-corrected chi connectivity index (χ0v) is 15.6. The minimum atomic E-state index is 0.943. The van der Waals surface area contributed by atoms with E-state index < -0.39 is 0 Å². The largest absolute Gasteiger partial charge is 0.294 e. The first-order chi connectivity index (χ1) is 13.9. The molecule has 6 rings (SSSR count). The van der Waals surface area contributed by atoms with Crippen molar-refractivity contribution in [3.8, 4) is 16.3 Å². The molecular weight excluding hydrogens is 364 g/mol. The molecule has 0 amide bonds. The van der Waals surface area contributed by atoms with Crippen molar-refractivity contribution in [3.05, 3.63) is 85.2 Å². The summed E-state index contributed by atoms with van der Waals surface area (Å²) >= 11 is 1.62. The van der Waals surface area contributed by atoms with Crippen molar-refractivity contribution < 1.29 is 0 Å². The number of thiazole rings is 1. The molecule has 2 aromatic carbocycles. The number of hydrogen-bond acceptors (Lipinski definition) is 4. The van der Waals surface area contributed by atoms with Crippen LogP contribution in [0.5, 0.6) is 0 Å². The highest BCUT2D eigenvalue weighted by Crippen LogP contribution is 2.33. The maximum atomic E-state index is 4.71. The second-order valence-corrected chi connectivity index (χ2v) is 7.60. The van der Waals surface area contributed by atoms with Crippen molar-refractivity contribution in [2.45, 2.75) is 0 Å². The summed E-state index contributed by atoms with van der Waals surface area (Å²) in [5.41, 5.74) is 5.26. The number of rotatable bonds is 2. The molecule has 0 atom stereocenters. The lowest BCUT2D eigenvalue weighted by molar-refractivity contribution is 1.14. The molecule has 0 unspecified atom stereocenters. The standard InChI is InChI=1S/C23H14N4S/c1-2-8-20-17(5-1)18-6-3-13-24-21(18)27(20)16-11-9-15(10-12-16)22-26-19-7-4-14-25-23(19)28-22/h1-14H. The van der Waals surface area contributed by atoms with Crippen LogP contribution in [0.1, 0.15) is 0 Å². The Kier molecular flexibility index (Phi) is 3.30. The predicted molar refractivity (Wildman–Crippen MR) is 115 cm³/mol. The van der Waals surface area contributed by atoms with Gasteiger partial charge in [0.25, 0.3) is 0 Å². The molecule has 0 spiro atoms. The Labute approximate surface area is 164 Å². The molecule has 0 bridgehead atoms. The summed E-state index contributed by atoms with van der Waals surface area (Å²) in [6.45, 7) is 0. The molecule has 0 aliphatic carbocycles. The van der Waals surface area contributed by atoms with Crippen molar-refractivity contribution >= 4 is 43.6 Å². The molecule has 5 heteroatoms. The number of para-hydroxylation sites is 1. The second kappa shape index (κ2) is 5.97. The van der Waals surface area contributed by atoms with Gasteiger partial charge in [-0.1, -0.05) is 29.5 Å². The highest BCUT2D eigenvalue weighted by Gasteiger charge is 2.13. The molecule has 0 saturated carbocycles. The number of pyridine rings is 2. The minimum absolute atomic E-state index is 0.943. The van der Waals surface area contributed by atoms with Crippen molar-refractivity contribution in [2.75, 3.05) is 0 Å². The van der Waals surface area contributed by atoms with E-state index in [-0.39, 0.29) is 0 Å². The second-order valence-electron chi connectivity index (χ2n) is 6.62. The van der Waals surface area contributed by atoms with Gasteiger partial charge in [0.05, 0.1) is 5.52 Å². The quantitative estimate of drug-likeness (QED) is 0.379. The fourth-order valence-electron chi connectivity index (χ4n) is 3.70. The van der Waals surface area contributed by atoms with Crippen LogP contribution in [0, 0.1) is 0 Å². The van der Waals surface area contributed by atoms with Crippen LogP contribution in [0.2, 0.25) is 0 Å². The van der Waals surface area contributed by atoms with Crippen molar-refractivity contribution in [1.29, 1.82) is 0 Å². The zero-order chi connectivity index (χ0) is 18.5. The van der Waals surface area contributed by atoms with E-state index in [1.807, 2.05) is 30.6 Å². The number of hydrogen-bond donors (Lipinski definition) is 0. The van der Waals surface area contributed by atoms with Crippen LogP contribution in [0.3, 0.4) is 0 Å². The number of benzene rings is 2. The Morgan fingerprint density at radius 3 is 2.39 bits per heavy atom. The molecule has 4 nitrogen and oxygen atoms in total. The van der Waals surface area contributed by atoms with E-state index in [1.165, 1.54) is 10.8 Å². The van der Waals surface area contributed by atoms with Gasteiger partial charge in [-0.3, -0.25) is 4.57 Å². The van der Waals surface area contributed by atoms with Gasteiger partial charge in [-0.2, -0.15) is 0 Å². The maximum Gasteiger partial charge on any atom is 0.145 e. The van der Waals surface area contributed by atoms with Gasteiger partial charge in [0, 0.05) is 34.4 Å². The van der Waals surface area contributed by atoms with Gasteiger partial charge < -0.3 is 0 Å². The number of fused-ring (bicyclic) bond motifs is 4. The Bertz CT molecular complexity index is 1370. The van der Waals surface area contributed by atoms with Gasteiger partial charge in [-0.15, -0.1) is 0 Å². The lowest BCUT2D eigenvalue weighted by atomic mass is 10.2. The molecule has 0 radical (unpaired) electrons. The SMILES string of the molecule is c1cnc2sc(-c3ccc(-n4c5ccccc5c5cccnc54)cc3)nc2c1. The third-order valence-electron chi connectivity index (χ3n) is 4.97. The van der Waals surface area contributed by atoms with E-state index in [0.29, 0.717) is 0 Å². The third kappa shape index (κ3) is 2.27. The van der Waals surface area contributed by atoms with E-state index in [2.05, 4.69) is 69.1 Å². The van der Waals surface area contributed by atoms with Gasteiger partial charge in [-0.05, 0) is 54.6 Å². The average molecular weight is 378 g/mol. The van der Waals surface area contributed by atoms with Crippen molar-refractivity contribution in [2.24, 2.45) is 0 Å². The van der Waals surface area contributed by atoms with Crippen LogP contribution in [0.15, 0.2) is 85.2 Å². The summed E-state index contributed by atoms with van der Waals surface area (Å²) in [5, 5.41) is 3.37. The van der Waals surface area contributed by atoms with Crippen LogP contribution in [-0.2, 0) is 0 Å². The van der Waals surface area contributed by atoms with E-state index in [4.69, 9.17) is 4.98 Å². The molecular formula is C23H14N4S. The molecule has 132 valence electrons. The van der Waals surface area contributed by atoms with Crippen molar-refractivity contribution in [3.63, 3.8) is 0 Å². The van der Waals surface area contributed by atoms with Gasteiger partial charge in [0.1, 0.15) is 21.0 Å². The van der Waals surface area contributed by atoms with E-state index in [1.54, 1.807) is 11.3 Å². The molecule has 6 aromatic rings. The summed E-state index contributed by atoms with van der Waals surface area (Å²) in [4.78, 5) is 14.7. The first kappa shape index (κ1) is 15.5. The molecule has 0 aliphatic rings. The van der Waals surface area contributed by atoms with Crippen molar-refractivity contribution in [1.82, 2.24) is 19.5 Å². The Hall–Kier alpha value is -3.57. The van der Waals surface area contributed by atoms with Crippen LogP contribution < -0.4 is 0 Å². The summed E-state index contributed by atoms with van der Waals surface area (Å²) < 4.78 is 2.22. The van der Waals surface area contributed by atoms with Gasteiger partial charge >= 0.3 is 0 Å². The van der Waals surface area contributed by atoms with Crippen LogP contribution in [0.25, 0.3) is 48.5 Å². The Morgan fingerprint density at radius 2 is 1.50 bits per heavy atom. The highest BCUT2D eigenvalue weighted by molar-refractivity contribution is 7.21. The third-order valence-corrected chi connectivity index (χ3v) is 6.00. The Morgan fingerprint density at radius 1 is 0.714 bits per heavy atom. The van der Waals surface area contributed by atoms with E-state index in [9.17, 15) is 0 Å². The van der Waals surface area contributed by atoms with Crippen LogP contribution in [0.4, 0.5) is 0 Å². The number of aromatic nitrogens is 4. The molecule has 4 heterocycles. The summed E-state index contributed by atoms with van der Waals surface area (Å²) in [7, 11) is 0. The molecule has 0 fully saturated rings. The monoisotopic (exact) mass is 378 g/mol. The molecule has 28 heavy (non-hydrogen) atoms. The first-order valence-corrected chi connectivity index (χ1v) is 9.87. The predicted octanol–water partition coefficient (Wildman–Crippen LogP) is 5.85. The van der Waals surface area contributed by atoms with Gasteiger partial charge in [0.15, 0.2) is 0 Å². The Balaban J connectivity index is 1.52. The van der Waals surface area contributed by atoms with Crippen LogP contribution >= 0.6 is 11.3 Å². The summed E-state index contributed by atoms with van der Waals surface area (Å²) in [6.07, 6.45) is 3.66. The fraction of sp³-hybridized carbons (Fsp3) is 0. The first-order valence-electron chi connectivity index (χ1n) is 9.05. The lowest BCUT2D eigenvalue weighted by Crippen LogP contribution is -1.95. The van der Waals surface area contributed by atoms with E-state index >= 15 is 0 Å². The maximum absolute atomic E-state index is 4.71. The molecule has 0 saturated heterocycles. The fourth-order valence-corrected chi connectivity index (χ4v) is 4.62. The van der Waals surface area contributed by atoms with Gasteiger partial charge in [0.2, 0.25) is 0 Å². The molecule has 0 N–H and O–H groups in total. The summed E-state index contributed by atoms with van der Waals surface area (Å²) in [6, 6.07) is 25.0. The highest BCUT2D eigenvalue weighted by atomic mass is 32.1. The summed E-state index contributed by atoms with van der Waals surface area (Å²) in [5.74, 6) is 0. The van der Waals surface area contributed by atoms with Crippen LogP contribution in [-0.4, -0.2) is 19.5 Å². The minimum Gasteiger partial charge on any atom is -0.294 e. The van der Waals surface area contributed by atoms with E-state index in [0.717, 1.165) is 37.8 Å². The van der Waals surface area contributed by atoms with Gasteiger partial charge in [-0.25, -0.2) is 15.0 Å². The average Bonchev–Trinajstić information content (AvgIpc) is 3.33.